The number of halogens is 3. The number of anilines is 1. The Bertz CT molecular complexity index is 1060. The van der Waals surface area contributed by atoms with Crippen LogP contribution in [0.5, 0.6) is 0 Å². The highest BCUT2D eigenvalue weighted by molar-refractivity contribution is 6.47. The van der Waals surface area contributed by atoms with Crippen molar-refractivity contribution in [2.24, 2.45) is 0 Å². The largest absolute Gasteiger partial charge is 0.372 e. The Morgan fingerprint density at radius 1 is 1.00 bits per heavy atom. The fraction of sp³-hybridized carbons (Fsp3) is 0.273. The standard InChI is InChI=1S/C22H19Cl2FN2O3/c1-12-10-26(11-13(2)30-12)20-19(17-7-6-14(23)8-18(17)24)21(28)27(22(20)29)16-5-3-4-15(25)9-16/h3-9,12-13H,10-11H2,1-2H3. The van der Waals surface area contributed by atoms with E-state index in [1.807, 2.05) is 18.7 Å². The molecule has 0 N–H and O–H groups in total. The number of nitrogens with zero attached hydrogens (tertiary/aromatic N) is 2. The van der Waals surface area contributed by atoms with Crippen LogP contribution < -0.4 is 4.90 Å². The second kappa shape index (κ2) is 8.02. The van der Waals surface area contributed by atoms with Gasteiger partial charge >= 0.3 is 0 Å². The highest BCUT2D eigenvalue weighted by atomic mass is 35.5. The van der Waals surface area contributed by atoms with Gasteiger partial charge in [0.05, 0.1) is 28.5 Å². The van der Waals surface area contributed by atoms with Crippen LogP contribution in [0.2, 0.25) is 10.0 Å². The normalized spacial score (nSPS) is 22.3. The molecule has 8 heteroatoms. The molecule has 2 aliphatic heterocycles. The van der Waals surface area contributed by atoms with E-state index >= 15 is 0 Å². The molecule has 1 saturated heterocycles. The van der Waals surface area contributed by atoms with Crippen LogP contribution in [0.25, 0.3) is 5.57 Å². The van der Waals surface area contributed by atoms with Gasteiger partial charge in [0, 0.05) is 23.7 Å². The molecule has 0 radical (unpaired) electrons. The molecule has 2 aliphatic rings. The topological polar surface area (TPSA) is 49.9 Å². The van der Waals surface area contributed by atoms with Crippen molar-refractivity contribution in [3.8, 4) is 0 Å². The van der Waals surface area contributed by atoms with Gasteiger partial charge in [-0.05, 0) is 44.2 Å². The van der Waals surface area contributed by atoms with Crippen LogP contribution in [0.15, 0.2) is 48.2 Å². The van der Waals surface area contributed by atoms with Gasteiger partial charge in [0.25, 0.3) is 11.8 Å². The quantitative estimate of drug-likeness (QED) is 0.647. The molecule has 0 bridgehead atoms. The van der Waals surface area contributed by atoms with E-state index in [1.54, 1.807) is 12.1 Å². The lowest BCUT2D eigenvalue weighted by molar-refractivity contribution is -0.121. The van der Waals surface area contributed by atoms with Crippen molar-refractivity contribution in [3.05, 3.63) is 69.6 Å². The fourth-order valence-electron chi connectivity index (χ4n) is 3.96. The monoisotopic (exact) mass is 448 g/mol. The third-order valence-electron chi connectivity index (χ3n) is 5.06. The van der Waals surface area contributed by atoms with E-state index < -0.39 is 17.6 Å². The van der Waals surface area contributed by atoms with Crippen LogP contribution in [0.3, 0.4) is 0 Å². The summed E-state index contributed by atoms with van der Waals surface area (Å²) in [5.74, 6) is -1.62. The lowest BCUT2D eigenvalue weighted by Gasteiger charge is -2.37. The SMILES string of the molecule is CC1CN(C2=C(c3ccc(Cl)cc3Cl)C(=O)N(c3cccc(F)c3)C2=O)CC(C)O1. The van der Waals surface area contributed by atoms with Gasteiger partial charge in [0.15, 0.2) is 0 Å². The molecule has 156 valence electrons. The summed E-state index contributed by atoms with van der Waals surface area (Å²) in [6.45, 7) is 4.68. The molecular weight excluding hydrogens is 430 g/mol. The Morgan fingerprint density at radius 3 is 2.33 bits per heavy atom. The lowest BCUT2D eigenvalue weighted by atomic mass is 10.0. The van der Waals surface area contributed by atoms with Crippen molar-refractivity contribution in [3.63, 3.8) is 0 Å². The van der Waals surface area contributed by atoms with Crippen molar-refractivity contribution in [2.45, 2.75) is 26.1 Å². The first-order valence-electron chi connectivity index (χ1n) is 9.50. The predicted octanol–water partition coefficient (Wildman–Crippen LogP) is 4.53. The lowest BCUT2D eigenvalue weighted by Crippen LogP contribution is -2.47. The molecule has 2 atom stereocenters. The fourth-order valence-corrected chi connectivity index (χ4v) is 4.46. The van der Waals surface area contributed by atoms with E-state index in [0.29, 0.717) is 23.7 Å². The zero-order valence-corrected chi connectivity index (χ0v) is 17.9. The molecule has 2 heterocycles. The van der Waals surface area contributed by atoms with Gasteiger partial charge in [-0.2, -0.15) is 0 Å². The Morgan fingerprint density at radius 2 is 1.70 bits per heavy atom. The van der Waals surface area contributed by atoms with E-state index in [2.05, 4.69) is 0 Å². The van der Waals surface area contributed by atoms with Gasteiger partial charge in [-0.15, -0.1) is 0 Å². The maximum absolute atomic E-state index is 13.8. The Balaban J connectivity index is 1.88. The van der Waals surface area contributed by atoms with E-state index in [9.17, 15) is 14.0 Å². The van der Waals surface area contributed by atoms with E-state index in [4.69, 9.17) is 27.9 Å². The van der Waals surface area contributed by atoms with Crippen LogP contribution >= 0.6 is 23.2 Å². The third-order valence-corrected chi connectivity index (χ3v) is 5.61. The Kier molecular flexibility index (Phi) is 5.57. The first-order chi connectivity index (χ1) is 14.3. The van der Waals surface area contributed by atoms with Crippen LogP contribution in [-0.2, 0) is 14.3 Å². The van der Waals surface area contributed by atoms with Gasteiger partial charge < -0.3 is 9.64 Å². The zero-order chi connectivity index (χ0) is 21.6. The molecule has 0 saturated carbocycles. The molecule has 2 unspecified atom stereocenters. The molecule has 1 fully saturated rings. The summed E-state index contributed by atoms with van der Waals surface area (Å²) in [5, 5.41) is 0.671. The summed E-state index contributed by atoms with van der Waals surface area (Å²) in [6.07, 6.45) is -0.261. The van der Waals surface area contributed by atoms with E-state index in [0.717, 1.165) is 11.0 Å². The highest BCUT2D eigenvalue weighted by Gasteiger charge is 2.44. The first kappa shape index (κ1) is 20.8. The van der Waals surface area contributed by atoms with Gasteiger partial charge in [-0.3, -0.25) is 9.59 Å². The number of hydrogen-bond donors (Lipinski definition) is 0. The summed E-state index contributed by atoms with van der Waals surface area (Å²) >= 11 is 12.4. The number of morpholine rings is 1. The van der Waals surface area contributed by atoms with Gasteiger partial charge in [-0.1, -0.05) is 35.3 Å². The van der Waals surface area contributed by atoms with Crippen LogP contribution in [-0.4, -0.2) is 42.0 Å². The van der Waals surface area contributed by atoms with Crippen LogP contribution in [0.4, 0.5) is 10.1 Å². The third kappa shape index (κ3) is 3.71. The molecule has 2 aromatic rings. The first-order valence-corrected chi connectivity index (χ1v) is 10.3. The second-order valence-corrected chi connectivity index (χ2v) is 8.28. The second-order valence-electron chi connectivity index (χ2n) is 7.44. The molecule has 0 aromatic heterocycles. The summed E-state index contributed by atoms with van der Waals surface area (Å²) in [5.41, 5.74) is 0.972. The minimum atomic E-state index is -0.559. The molecule has 2 amide bonds. The number of carbonyl (C=O) groups is 2. The van der Waals surface area contributed by atoms with Gasteiger partial charge in [0.2, 0.25) is 0 Å². The summed E-state index contributed by atoms with van der Waals surface area (Å²) in [6, 6.07) is 10.1. The number of ether oxygens (including phenoxy) is 1. The molecule has 0 spiro atoms. The molecule has 4 rings (SSSR count). The van der Waals surface area contributed by atoms with Crippen LogP contribution in [0, 0.1) is 5.82 Å². The average molecular weight is 449 g/mol. The van der Waals surface area contributed by atoms with Crippen molar-refractivity contribution < 1.29 is 18.7 Å². The Labute approximate surface area is 183 Å². The minimum Gasteiger partial charge on any atom is -0.372 e. The minimum absolute atomic E-state index is 0.130. The number of imide groups is 1. The van der Waals surface area contributed by atoms with Gasteiger partial charge in [0.1, 0.15) is 11.5 Å². The van der Waals surface area contributed by atoms with E-state index in [1.165, 1.54) is 24.3 Å². The maximum Gasteiger partial charge on any atom is 0.282 e. The predicted molar refractivity (Wildman–Crippen MR) is 114 cm³/mol. The number of rotatable bonds is 3. The molecule has 30 heavy (non-hydrogen) atoms. The van der Waals surface area contributed by atoms with Gasteiger partial charge in [-0.25, -0.2) is 9.29 Å². The summed E-state index contributed by atoms with van der Waals surface area (Å²) in [7, 11) is 0. The summed E-state index contributed by atoms with van der Waals surface area (Å²) in [4.78, 5) is 29.8. The number of hydrogen-bond acceptors (Lipinski definition) is 4. The molecular formula is C22H19Cl2FN2O3. The van der Waals surface area contributed by atoms with E-state index in [-0.39, 0.29) is 34.2 Å². The molecule has 2 aromatic carbocycles. The van der Waals surface area contributed by atoms with Crippen molar-refractivity contribution in [1.82, 2.24) is 4.90 Å². The highest BCUT2D eigenvalue weighted by Crippen LogP contribution is 2.39. The number of benzene rings is 2. The average Bonchev–Trinajstić information content (AvgIpc) is 2.91. The number of amides is 2. The van der Waals surface area contributed by atoms with Crippen molar-refractivity contribution in [1.29, 1.82) is 0 Å². The smallest absolute Gasteiger partial charge is 0.282 e. The molecule has 5 nitrogen and oxygen atoms in total. The summed E-state index contributed by atoms with van der Waals surface area (Å²) < 4.78 is 19.6. The van der Waals surface area contributed by atoms with Crippen molar-refractivity contribution >= 4 is 46.3 Å². The molecule has 0 aliphatic carbocycles. The maximum atomic E-state index is 13.8. The van der Waals surface area contributed by atoms with Crippen LogP contribution in [0.1, 0.15) is 19.4 Å². The Hall–Kier alpha value is -2.41. The number of carbonyl (C=O) groups excluding carboxylic acids is 2. The van der Waals surface area contributed by atoms with Crippen molar-refractivity contribution in [2.75, 3.05) is 18.0 Å². The zero-order valence-electron chi connectivity index (χ0n) is 16.4.